The summed E-state index contributed by atoms with van der Waals surface area (Å²) in [7, 11) is 0. The number of aromatic nitrogens is 4. The Hall–Kier alpha value is -5.97. The minimum Gasteiger partial charge on any atom is -0.486 e. The van der Waals surface area contributed by atoms with Gasteiger partial charge in [-0.25, -0.2) is 9.78 Å². The number of nitrogens with one attached hydrogen (secondary N) is 2. The molecular weight excluding hydrogens is 845 g/mol. The molecule has 0 unspecified atom stereocenters. The molecule has 0 radical (unpaired) electrons. The van der Waals surface area contributed by atoms with Crippen LogP contribution in [0.5, 0.6) is 5.75 Å². The maximum atomic E-state index is 13.6. The van der Waals surface area contributed by atoms with E-state index < -0.39 is 12.1 Å². The van der Waals surface area contributed by atoms with Crippen molar-refractivity contribution in [1.82, 2.24) is 40.2 Å². The summed E-state index contributed by atoms with van der Waals surface area (Å²) in [6.07, 6.45) is 6.17. The Bertz CT molecular complexity index is 2460. The largest absolute Gasteiger partial charge is 0.486 e. The number of fused-ring (bicyclic) bond motifs is 1. The zero-order chi connectivity index (χ0) is 43.6. The van der Waals surface area contributed by atoms with Crippen molar-refractivity contribution in [2.24, 2.45) is 5.92 Å². The number of likely N-dealkylation sites (tertiary alicyclic amines) is 1. The van der Waals surface area contributed by atoms with E-state index in [9.17, 15) is 19.2 Å². The van der Waals surface area contributed by atoms with E-state index in [1.54, 1.807) is 17.3 Å². The average molecular weight is 895 g/mol. The van der Waals surface area contributed by atoms with Gasteiger partial charge >= 0.3 is 6.03 Å². The first-order chi connectivity index (χ1) is 30.6. The number of halogens is 2. The Morgan fingerprint density at radius 2 is 1.49 bits per heavy atom. The quantitative estimate of drug-likeness (QED) is 0.179. The Kier molecular flexibility index (Phi) is 12.4. The number of carbonyl (C=O) groups is 4. The van der Waals surface area contributed by atoms with E-state index >= 15 is 0 Å². The highest BCUT2D eigenvalue weighted by atomic mass is 35.5. The molecule has 0 bridgehead atoms. The Balaban J connectivity index is 0.709. The van der Waals surface area contributed by atoms with Gasteiger partial charge in [0, 0.05) is 131 Å². The minimum absolute atomic E-state index is 0.0798. The van der Waals surface area contributed by atoms with E-state index in [2.05, 4.69) is 35.2 Å². The number of amides is 5. The molecule has 2 N–H and O–H groups in total. The molecule has 7 heterocycles. The van der Waals surface area contributed by atoms with Crippen LogP contribution in [0.15, 0.2) is 73.2 Å². The maximum Gasteiger partial charge on any atom is 0.328 e. The summed E-state index contributed by atoms with van der Waals surface area (Å²) in [4.78, 5) is 71.7. The van der Waals surface area contributed by atoms with Crippen molar-refractivity contribution in [2.75, 3.05) is 93.2 Å². The average Bonchev–Trinajstić information content (AvgIpc) is 3.72. The monoisotopic (exact) mass is 893 g/mol. The van der Waals surface area contributed by atoms with E-state index in [-0.39, 0.29) is 30.1 Å². The second-order valence-corrected chi connectivity index (χ2v) is 17.3. The summed E-state index contributed by atoms with van der Waals surface area (Å²) < 4.78 is 6.24. The number of urea groups is 1. The van der Waals surface area contributed by atoms with Crippen LogP contribution >= 0.6 is 23.2 Å². The zero-order valence-electron chi connectivity index (χ0n) is 35.0. The molecule has 2 aromatic carbocycles. The van der Waals surface area contributed by atoms with Crippen LogP contribution in [-0.4, -0.2) is 137 Å². The van der Waals surface area contributed by atoms with Crippen LogP contribution in [0, 0.1) is 5.92 Å². The molecule has 5 aromatic rings. The Morgan fingerprint density at radius 1 is 0.794 bits per heavy atom. The lowest BCUT2D eigenvalue weighted by Gasteiger charge is -2.40. The van der Waals surface area contributed by atoms with Gasteiger partial charge in [-0.15, -0.1) is 0 Å². The molecular formula is C45H49Cl2N11O5. The van der Waals surface area contributed by atoms with Crippen molar-refractivity contribution >= 4 is 75.1 Å². The third kappa shape index (κ3) is 9.24. The Labute approximate surface area is 375 Å². The van der Waals surface area contributed by atoms with Crippen molar-refractivity contribution in [3.05, 3.63) is 88.8 Å². The molecule has 18 heteroatoms. The number of hydrogen-bond donors (Lipinski definition) is 2. The summed E-state index contributed by atoms with van der Waals surface area (Å²) in [6, 6.07) is 17.2. The normalized spacial score (nSPS) is 18.5. The molecule has 0 aliphatic carbocycles. The van der Waals surface area contributed by atoms with E-state index in [4.69, 9.17) is 32.9 Å². The van der Waals surface area contributed by atoms with Crippen LogP contribution in [0.3, 0.4) is 0 Å². The molecule has 63 heavy (non-hydrogen) atoms. The van der Waals surface area contributed by atoms with Gasteiger partial charge < -0.3 is 24.3 Å². The number of ether oxygens (including phenoxy) is 1. The second kappa shape index (κ2) is 18.4. The first-order valence-corrected chi connectivity index (χ1v) is 22.2. The fraction of sp³-hybridized carbons (Fsp3) is 0.400. The number of aromatic amines is 1. The Morgan fingerprint density at radius 3 is 2.17 bits per heavy atom. The standard InChI is InChI=1S/C45H49Cl2N11O5/c1-29(42-36(46)26-48-27-37(42)47)63-34-7-8-38-35(24-34)43(52-51-38)31-2-9-39(49-25-31)55-20-22-57(23-21-55)44(61)30-10-13-56(14-11-30)41(60)28-53-16-18-54(19-17-53)32-3-5-33(6-4-32)58-15-12-40(59)50-45(58)62/h2-9,24-27,29-30H,10-23,28H2,1H3,(H,51,52)(H,50,59,62)/t29-/m1/s1. The van der Waals surface area contributed by atoms with E-state index in [1.165, 1.54) is 0 Å². The zero-order valence-corrected chi connectivity index (χ0v) is 36.5. The van der Waals surface area contributed by atoms with E-state index in [0.717, 1.165) is 65.5 Å². The smallest absolute Gasteiger partial charge is 0.328 e. The number of nitrogens with zero attached hydrogens (tertiary/aromatic N) is 9. The summed E-state index contributed by atoms with van der Waals surface area (Å²) in [5.41, 5.74) is 4.99. The molecule has 1 atom stereocenters. The van der Waals surface area contributed by atoms with Gasteiger partial charge in [0.25, 0.3) is 0 Å². The van der Waals surface area contributed by atoms with Crippen molar-refractivity contribution in [1.29, 1.82) is 0 Å². The number of carbonyl (C=O) groups excluding carboxylic acids is 4. The van der Waals surface area contributed by atoms with Crippen molar-refractivity contribution in [3.63, 3.8) is 0 Å². The molecule has 0 spiro atoms. The summed E-state index contributed by atoms with van der Waals surface area (Å²) in [5.74, 6) is 1.46. The van der Waals surface area contributed by atoms with E-state index in [0.29, 0.717) is 86.6 Å². The van der Waals surface area contributed by atoms with Gasteiger partial charge in [-0.3, -0.25) is 39.6 Å². The number of rotatable bonds is 10. The predicted octanol–water partition coefficient (Wildman–Crippen LogP) is 5.62. The lowest BCUT2D eigenvalue weighted by molar-refractivity contribution is -0.141. The van der Waals surface area contributed by atoms with Gasteiger partial charge in [0.05, 0.1) is 22.1 Å². The van der Waals surface area contributed by atoms with Crippen molar-refractivity contribution in [2.45, 2.75) is 32.3 Å². The molecule has 328 valence electrons. The molecule has 4 fully saturated rings. The number of piperidine rings is 1. The number of imide groups is 1. The first kappa shape index (κ1) is 42.3. The van der Waals surface area contributed by atoms with Crippen LogP contribution in [0.4, 0.5) is 22.0 Å². The van der Waals surface area contributed by atoms with Crippen molar-refractivity contribution in [3.8, 4) is 17.0 Å². The van der Waals surface area contributed by atoms with Gasteiger partial charge in [0.15, 0.2) is 0 Å². The molecule has 9 rings (SSSR count). The lowest BCUT2D eigenvalue weighted by atomic mass is 9.95. The van der Waals surface area contributed by atoms with Crippen molar-refractivity contribution < 1.29 is 23.9 Å². The van der Waals surface area contributed by atoms with Gasteiger partial charge in [0.1, 0.15) is 23.4 Å². The second-order valence-electron chi connectivity index (χ2n) is 16.5. The number of benzene rings is 2. The molecule has 16 nitrogen and oxygen atoms in total. The fourth-order valence-corrected chi connectivity index (χ4v) is 9.64. The van der Waals surface area contributed by atoms with Gasteiger partial charge in [0.2, 0.25) is 17.7 Å². The highest BCUT2D eigenvalue weighted by Gasteiger charge is 2.33. The summed E-state index contributed by atoms with van der Waals surface area (Å²) >= 11 is 12.7. The number of hydrogen-bond acceptors (Lipinski definition) is 11. The molecule has 4 aliphatic heterocycles. The predicted molar refractivity (Wildman–Crippen MR) is 241 cm³/mol. The molecule has 4 saturated heterocycles. The molecule has 5 amide bonds. The highest BCUT2D eigenvalue weighted by Crippen LogP contribution is 2.35. The summed E-state index contributed by atoms with van der Waals surface area (Å²) in [5, 5.41) is 11.8. The van der Waals surface area contributed by atoms with Gasteiger partial charge in [-0.05, 0) is 74.4 Å². The minimum atomic E-state index is -0.402. The third-order valence-electron chi connectivity index (χ3n) is 12.6. The van der Waals surface area contributed by atoms with E-state index in [1.807, 2.05) is 77.5 Å². The third-order valence-corrected chi connectivity index (χ3v) is 13.2. The lowest BCUT2D eigenvalue weighted by Crippen LogP contribution is -2.53. The maximum absolute atomic E-state index is 13.6. The molecule has 3 aromatic heterocycles. The molecule has 0 saturated carbocycles. The topological polar surface area (TPSA) is 163 Å². The highest BCUT2D eigenvalue weighted by molar-refractivity contribution is 6.35. The van der Waals surface area contributed by atoms with Crippen LogP contribution < -0.4 is 24.8 Å². The van der Waals surface area contributed by atoms with Gasteiger partial charge in [-0.2, -0.15) is 5.10 Å². The fourth-order valence-electron chi connectivity index (χ4n) is 8.97. The number of pyridine rings is 2. The molecule has 4 aliphatic rings. The first-order valence-electron chi connectivity index (χ1n) is 21.5. The van der Waals surface area contributed by atoms with Crippen LogP contribution in [-0.2, 0) is 14.4 Å². The number of anilines is 3. The number of piperazine rings is 2. The summed E-state index contributed by atoms with van der Waals surface area (Å²) in [6.45, 7) is 9.55. The SMILES string of the molecule is C[C@@H](Oc1ccc2[nH]nc(-c3ccc(N4CCN(C(=O)C5CCN(C(=O)CN6CCN(c7ccc(N8CCC(=O)NC8=O)cc7)CC6)CC5)CC4)nc3)c2c1)c1c(Cl)cncc1Cl. The van der Waals surface area contributed by atoms with Crippen LogP contribution in [0.1, 0.15) is 37.9 Å². The number of H-pyrrole nitrogens is 1. The van der Waals surface area contributed by atoms with Crippen LogP contribution in [0.25, 0.3) is 22.2 Å². The van der Waals surface area contributed by atoms with Gasteiger partial charge in [-0.1, -0.05) is 23.2 Å². The van der Waals surface area contributed by atoms with Crippen LogP contribution in [0.2, 0.25) is 10.0 Å².